The van der Waals surface area contributed by atoms with E-state index in [4.69, 9.17) is 10.5 Å². The van der Waals surface area contributed by atoms with Crippen LogP contribution in [0.3, 0.4) is 0 Å². The van der Waals surface area contributed by atoms with Gasteiger partial charge in [0.05, 0.1) is 22.1 Å². The minimum atomic E-state index is -0.325. The molecule has 0 radical (unpaired) electrons. The Kier molecular flexibility index (Phi) is 3.22. The Hall–Kier alpha value is -1.14. The molecule has 0 spiro atoms. The summed E-state index contributed by atoms with van der Waals surface area (Å²) in [5.74, 6) is 0.518. The maximum atomic E-state index is 13.5. The third kappa shape index (κ3) is 2.12. The summed E-state index contributed by atoms with van der Waals surface area (Å²) in [6.45, 7) is 3.64. The highest BCUT2D eigenvalue weighted by molar-refractivity contribution is 9.10. The molecule has 3 rings (SSSR count). The van der Waals surface area contributed by atoms with Crippen molar-refractivity contribution in [2.45, 2.75) is 19.4 Å². The first-order valence-electron chi connectivity index (χ1n) is 6.28. The van der Waals surface area contributed by atoms with Gasteiger partial charge in [0.1, 0.15) is 5.82 Å². The molecule has 0 saturated carbocycles. The first-order valence-corrected chi connectivity index (χ1v) is 7.07. The minimum absolute atomic E-state index is 0.185. The van der Waals surface area contributed by atoms with Gasteiger partial charge < -0.3 is 15.0 Å². The van der Waals surface area contributed by atoms with E-state index in [9.17, 15) is 4.39 Å². The quantitative estimate of drug-likeness (QED) is 0.922. The van der Waals surface area contributed by atoms with Crippen LogP contribution in [-0.4, -0.2) is 22.8 Å². The number of benzene rings is 1. The Labute approximate surface area is 118 Å². The Bertz CT molecular complexity index is 622. The van der Waals surface area contributed by atoms with Crippen molar-refractivity contribution in [3.05, 3.63) is 22.4 Å². The lowest BCUT2D eigenvalue weighted by Crippen LogP contribution is -2.18. The molecule has 2 heterocycles. The number of hydrogen-bond donors (Lipinski definition) is 1. The highest BCUT2D eigenvalue weighted by Gasteiger charge is 2.26. The molecule has 1 saturated heterocycles. The number of aromatic nitrogens is 2. The van der Waals surface area contributed by atoms with Crippen molar-refractivity contribution in [3.63, 3.8) is 0 Å². The number of imidazole rings is 1. The van der Waals surface area contributed by atoms with Crippen LogP contribution in [0.4, 0.5) is 10.3 Å². The maximum Gasteiger partial charge on any atom is 0.201 e. The molecule has 6 heteroatoms. The van der Waals surface area contributed by atoms with E-state index in [2.05, 4.69) is 27.8 Å². The fourth-order valence-corrected chi connectivity index (χ4v) is 3.01. The molecule has 0 bridgehead atoms. The van der Waals surface area contributed by atoms with Gasteiger partial charge in [-0.3, -0.25) is 0 Å². The number of rotatable bonds is 2. The van der Waals surface area contributed by atoms with Gasteiger partial charge in [0.2, 0.25) is 5.95 Å². The number of hydrogen-bond acceptors (Lipinski definition) is 3. The smallest absolute Gasteiger partial charge is 0.201 e. The van der Waals surface area contributed by atoms with E-state index in [1.807, 2.05) is 4.57 Å². The Balaban J connectivity index is 2.11. The third-order valence-electron chi connectivity index (χ3n) is 3.81. The largest absolute Gasteiger partial charge is 0.381 e. The second kappa shape index (κ2) is 4.76. The monoisotopic (exact) mass is 327 g/mol. The van der Waals surface area contributed by atoms with Crippen LogP contribution in [0.15, 0.2) is 16.6 Å². The van der Waals surface area contributed by atoms with Crippen molar-refractivity contribution >= 4 is 32.9 Å². The summed E-state index contributed by atoms with van der Waals surface area (Å²) in [5, 5.41) is 0. The Morgan fingerprint density at radius 3 is 3.05 bits per heavy atom. The fourth-order valence-electron chi connectivity index (χ4n) is 2.68. The lowest BCUT2D eigenvalue weighted by molar-refractivity contribution is 0.176. The summed E-state index contributed by atoms with van der Waals surface area (Å²) in [5.41, 5.74) is 7.43. The number of ether oxygens (including phenoxy) is 1. The van der Waals surface area contributed by atoms with E-state index in [0.29, 0.717) is 21.9 Å². The molecule has 0 aliphatic carbocycles. The van der Waals surface area contributed by atoms with E-state index in [-0.39, 0.29) is 11.9 Å². The molecule has 19 heavy (non-hydrogen) atoms. The summed E-state index contributed by atoms with van der Waals surface area (Å²) in [7, 11) is 0. The average Bonchev–Trinajstić information content (AvgIpc) is 2.97. The number of halogens is 2. The average molecular weight is 328 g/mol. The molecule has 1 fully saturated rings. The van der Waals surface area contributed by atoms with Gasteiger partial charge in [-0.2, -0.15) is 0 Å². The Morgan fingerprint density at radius 2 is 2.37 bits per heavy atom. The summed E-state index contributed by atoms with van der Waals surface area (Å²) in [6, 6.07) is 3.33. The Morgan fingerprint density at radius 1 is 1.58 bits per heavy atom. The second-order valence-electron chi connectivity index (χ2n) is 4.96. The van der Waals surface area contributed by atoms with Crippen LogP contribution in [0.2, 0.25) is 0 Å². The number of nitrogen functional groups attached to an aromatic ring is 1. The topological polar surface area (TPSA) is 53.1 Å². The first-order chi connectivity index (χ1) is 9.08. The van der Waals surface area contributed by atoms with Crippen molar-refractivity contribution in [1.82, 2.24) is 9.55 Å². The van der Waals surface area contributed by atoms with Gasteiger partial charge >= 0.3 is 0 Å². The number of anilines is 1. The zero-order chi connectivity index (χ0) is 13.6. The first kappa shape index (κ1) is 12.9. The van der Waals surface area contributed by atoms with Gasteiger partial charge in [-0.05, 0) is 35.3 Å². The van der Waals surface area contributed by atoms with Gasteiger partial charge in [0.25, 0.3) is 0 Å². The van der Waals surface area contributed by atoms with Gasteiger partial charge in [0.15, 0.2) is 0 Å². The summed E-state index contributed by atoms with van der Waals surface area (Å²) in [6.07, 6.45) is 1.02. The number of nitrogens with zero attached hydrogens (tertiary/aromatic N) is 2. The molecule has 1 aliphatic heterocycles. The molecule has 102 valence electrons. The van der Waals surface area contributed by atoms with Crippen molar-refractivity contribution in [1.29, 1.82) is 0 Å². The van der Waals surface area contributed by atoms with Gasteiger partial charge in [0, 0.05) is 24.6 Å². The zero-order valence-corrected chi connectivity index (χ0v) is 12.2. The van der Waals surface area contributed by atoms with Crippen molar-refractivity contribution in [2.24, 2.45) is 5.92 Å². The molecule has 1 aromatic heterocycles. The van der Waals surface area contributed by atoms with Crippen LogP contribution < -0.4 is 5.73 Å². The highest BCUT2D eigenvalue weighted by Crippen LogP contribution is 2.33. The van der Waals surface area contributed by atoms with Crippen LogP contribution in [0.1, 0.15) is 19.4 Å². The molecule has 2 atom stereocenters. The number of fused-ring (bicyclic) bond motifs is 1. The standard InChI is InChI=1S/C13H15BrFN3O/c1-7(8-2-3-19-6-8)18-12-4-9(14)10(15)5-11(12)17-13(18)16/h4-5,7-8H,2-3,6H2,1H3,(H2,16,17). The molecular formula is C13H15BrFN3O. The number of nitrogens with two attached hydrogens (primary N) is 1. The predicted molar refractivity (Wildman–Crippen MR) is 75.4 cm³/mol. The fraction of sp³-hybridized carbons (Fsp3) is 0.462. The summed E-state index contributed by atoms with van der Waals surface area (Å²) in [4.78, 5) is 4.25. The van der Waals surface area contributed by atoms with E-state index >= 15 is 0 Å². The lowest BCUT2D eigenvalue weighted by atomic mass is 10.0. The van der Waals surface area contributed by atoms with E-state index in [0.717, 1.165) is 25.2 Å². The lowest BCUT2D eigenvalue weighted by Gasteiger charge is -2.21. The third-order valence-corrected chi connectivity index (χ3v) is 4.42. The summed E-state index contributed by atoms with van der Waals surface area (Å²) >= 11 is 3.21. The zero-order valence-electron chi connectivity index (χ0n) is 10.6. The SMILES string of the molecule is CC(C1CCOC1)n1c(N)nc2cc(F)c(Br)cc21. The normalized spacial score (nSPS) is 21.1. The molecular weight excluding hydrogens is 313 g/mol. The molecule has 1 aromatic carbocycles. The maximum absolute atomic E-state index is 13.5. The van der Waals surface area contributed by atoms with Crippen molar-refractivity contribution < 1.29 is 9.13 Å². The van der Waals surface area contributed by atoms with Gasteiger partial charge in [-0.15, -0.1) is 0 Å². The van der Waals surface area contributed by atoms with Crippen molar-refractivity contribution in [3.8, 4) is 0 Å². The van der Waals surface area contributed by atoms with E-state index < -0.39 is 0 Å². The molecule has 1 aliphatic rings. The van der Waals surface area contributed by atoms with Gasteiger partial charge in [-0.1, -0.05) is 0 Å². The van der Waals surface area contributed by atoms with E-state index in [1.54, 1.807) is 6.07 Å². The highest BCUT2D eigenvalue weighted by atomic mass is 79.9. The van der Waals surface area contributed by atoms with Crippen molar-refractivity contribution in [2.75, 3.05) is 18.9 Å². The molecule has 0 amide bonds. The van der Waals surface area contributed by atoms with Gasteiger partial charge in [-0.25, -0.2) is 9.37 Å². The molecule has 2 unspecified atom stereocenters. The van der Waals surface area contributed by atoms with E-state index in [1.165, 1.54) is 6.07 Å². The molecule has 2 aromatic rings. The van der Waals surface area contributed by atoms with Crippen LogP contribution >= 0.6 is 15.9 Å². The summed E-state index contributed by atoms with van der Waals surface area (Å²) < 4.78 is 21.4. The van der Waals surface area contributed by atoms with Crippen LogP contribution in [0.25, 0.3) is 11.0 Å². The predicted octanol–water partition coefficient (Wildman–Crippen LogP) is 3.12. The molecule has 4 nitrogen and oxygen atoms in total. The minimum Gasteiger partial charge on any atom is -0.381 e. The van der Waals surface area contributed by atoms with Crippen LogP contribution in [0, 0.1) is 11.7 Å². The van der Waals surface area contributed by atoms with Crippen LogP contribution in [0.5, 0.6) is 0 Å². The molecule has 2 N–H and O–H groups in total. The second-order valence-corrected chi connectivity index (χ2v) is 5.81. The van der Waals surface area contributed by atoms with Crippen LogP contribution in [-0.2, 0) is 4.74 Å².